The quantitative estimate of drug-likeness (QED) is 0.198. The van der Waals surface area contributed by atoms with E-state index in [0.717, 1.165) is 24.2 Å². The molecule has 3 aromatic rings. The molecular formula is C34H47FN6O3S. The lowest BCUT2D eigenvalue weighted by Crippen LogP contribution is -2.51. The molecular weight excluding hydrogens is 591 g/mol. The van der Waals surface area contributed by atoms with E-state index in [1.165, 1.54) is 6.20 Å². The van der Waals surface area contributed by atoms with Gasteiger partial charge in [-0.1, -0.05) is 56.3 Å². The maximum absolute atomic E-state index is 14.1. The minimum atomic E-state index is -4.19. The molecule has 2 atom stereocenters. The number of nitrogens with one attached hydrogen (secondary N) is 2. The minimum Gasteiger partial charge on any atom is -0.399 e. The maximum atomic E-state index is 14.1. The first-order chi connectivity index (χ1) is 21.7. The van der Waals surface area contributed by atoms with E-state index in [0.29, 0.717) is 56.7 Å². The van der Waals surface area contributed by atoms with Gasteiger partial charge in [-0.25, -0.2) is 8.42 Å². The van der Waals surface area contributed by atoms with Crippen LogP contribution < -0.4 is 15.8 Å². The number of alkyl halides is 1. The number of aromatic nitrogens is 1. The van der Waals surface area contributed by atoms with Crippen molar-refractivity contribution < 1.29 is 17.6 Å². The average Bonchev–Trinajstić information content (AvgIpc) is 3.05. The van der Waals surface area contributed by atoms with Crippen molar-refractivity contribution in [2.45, 2.75) is 62.9 Å². The van der Waals surface area contributed by atoms with Crippen LogP contribution in [0.25, 0.3) is 0 Å². The van der Waals surface area contributed by atoms with E-state index in [9.17, 15) is 17.6 Å². The molecule has 0 radical (unpaired) electrons. The van der Waals surface area contributed by atoms with Crippen molar-refractivity contribution in [1.29, 1.82) is 0 Å². The summed E-state index contributed by atoms with van der Waals surface area (Å²) in [6, 6.07) is 17.7. The summed E-state index contributed by atoms with van der Waals surface area (Å²) in [7, 11) is -4.19. The van der Waals surface area contributed by atoms with Crippen molar-refractivity contribution in [2.75, 3.05) is 50.4 Å². The molecule has 0 aliphatic carbocycles. The number of carbonyl (C=O) groups excluding carboxylic acids is 1. The van der Waals surface area contributed by atoms with Crippen molar-refractivity contribution in [1.82, 2.24) is 19.5 Å². The summed E-state index contributed by atoms with van der Waals surface area (Å²) in [5.74, 6) is -0.0634. The number of nitrogen functional groups attached to an aromatic ring is 1. The molecule has 45 heavy (non-hydrogen) atoms. The summed E-state index contributed by atoms with van der Waals surface area (Å²) < 4.78 is 43.8. The third-order valence-electron chi connectivity index (χ3n) is 8.59. The number of nitrogens with two attached hydrogens (primary N) is 1. The zero-order chi connectivity index (χ0) is 32.2. The highest BCUT2D eigenvalue weighted by Crippen LogP contribution is 2.25. The number of piperidine rings is 1. The highest BCUT2D eigenvalue weighted by atomic mass is 32.2. The van der Waals surface area contributed by atoms with Crippen LogP contribution in [0.4, 0.5) is 15.8 Å². The standard InChI is InChI=1S/C34H47FN6O3S/c1-3-40(4-2)25-30(22-27-8-6-5-7-9-27)38-31-15-19-37-24-33(31)45(43,44)39-32(23-28-10-12-29(36)13-11-28)34(42)41-20-16-26(14-18-35)17-21-41/h5-13,15,19,24,26,30,32,39H,3-4,14,16-18,20-23,25,36H2,1-2H3,(H,37,38)/t30-,32-/m0/s1. The summed E-state index contributed by atoms with van der Waals surface area (Å²) in [6.45, 7) is 7.23. The van der Waals surface area contributed by atoms with Gasteiger partial charge in [-0.2, -0.15) is 4.72 Å². The molecule has 9 nitrogen and oxygen atoms in total. The molecule has 4 N–H and O–H groups in total. The van der Waals surface area contributed by atoms with Crippen LogP contribution in [0.15, 0.2) is 78.0 Å². The van der Waals surface area contributed by atoms with Gasteiger partial charge in [-0.15, -0.1) is 0 Å². The zero-order valence-corrected chi connectivity index (χ0v) is 27.2. The van der Waals surface area contributed by atoms with E-state index >= 15 is 0 Å². The van der Waals surface area contributed by atoms with E-state index in [1.807, 2.05) is 18.2 Å². The molecule has 244 valence electrons. The molecule has 1 saturated heterocycles. The van der Waals surface area contributed by atoms with Gasteiger partial charge in [-0.05, 0) is 80.4 Å². The third-order valence-corrected chi connectivity index (χ3v) is 10.1. The normalized spacial score (nSPS) is 15.6. The number of hydrogen-bond donors (Lipinski definition) is 3. The molecule has 2 heterocycles. The second-order valence-electron chi connectivity index (χ2n) is 11.8. The number of hydrogen-bond acceptors (Lipinski definition) is 7. The largest absolute Gasteiger partial charge is 0.399 e. The fourth-order valence-corrected chi connectivity index (χ4v) is 7.22. The Morgan fingerprint density at radius 2 is 1.69 bits per heavy atom. The van der Waals surface area contributed by atoms with Gasteiger partial charge < -0.3 is 20.9 Å². The molecule has 1 aliphatic heterocycles. The van der Waals surface area contributed by atoms with Crippen molar-refractivity contribution in [3.63, 3.8) is 0 Å². The number of benzene rings is 2. The molecule has 4 rings (SSSR count). The summed E-state index contributed by atoms with van der Waals surface area (Å²) >= 11 is 0. The summed E-state index contributed by atoms with van der Waals surface area (Å²) in [4.78, 5) is 22.0. The van der Waals surface area contributed by atoms with Crippen molar-refractivity contribution >= 4 is 27.3 Å². The summed E-state index contributed by atoms with van der Waals surface area (Å²) in [5.41, 5.74) is 8.80. The molecule has 11 heteroatoms. The Bertz CT molecular complexity index is 1450. The van der Waals surface area contributed by atoms with Gasteiger partial charge in [0.15, 0.2) is 0 Å². The predicted molar refractivity (Wildman–Crippen MR) is 178 cm³/mol. The number of rotatable bonds is 16. The van der Waals surface area contributed by atoms with Crippen molar-refractivity contribution in [3.05, 3.63) is 84.2 Å². The highest BCUT2D eigenvalue weighted by Gasteiger charge is 2.33. The predicted octanol–water partition coefficient (Wildman–Crippen LogP) is 4.52. The third kappa shape index (κ3) is 9.97. The van der Waals surface area contributed by atoms with Gasteiger partial charge >= 0.3 is 0 Å². The number of likely N-dealkylation sites (tertiary alicyclic amines) is 1. The van der Waals surface area contributed by atoms with E-state index < -0.39 is 16.1 Å². The minimum absolute atomic E-state index is 0.0145. The Labute approximate surface area is 267 Å². The van der Waals surface area contributed by atoms with Crippen LogP contribution in [0.5, 0.6) is 0 Å². The van der Waals surface area contributed by atoms with Crippen LogP contribution >= 0.6 is 0 Å². The average molecular weight is 639 g/mol. The Morgan fingerprint density at radius 1 is 1.02 bits per heavy atom. The second-order valence-corrected chi connectivity index (χ2v) is 13.4. The van der Waals surface area contributed by atoms with E-state index in [1.54, 1.807) is 41.4 Å². The summed E-state index contributed by atoms with van der Waals surface area (Å²) in [5, 5.41) is 3.50. The van der Waals surface area contributed by atoms with Crippen LogP contribution in [0, 0.1) is 5.92 Å². The van der Waals surface area contributed by atoms with Gasteiger partial charge in [0, 0.05) is 43.8 Å². The zero-order valence-electron chi connectivity index (χ0n) is 26.4. The van der Waals surface area contributed by atoms with Crippen LogP contribution in [-0.4, -0.2) is 80.6 Å². The number of anilines is 2. The number of pyridine rings is 1. The molecule has 0 saturated carbocycles. The smallest absolute Gasteiger partial charge is 0.244 e. The number of halogens is 1. The second kappa shape index (κ2) is 16.7. The highest BCUT2D eigenvalue weighted by molar-refractivity contribution is 7.89. The fourth-order valence-electron chi connectivity index (χ4n) is 5.92. The van der Waals surface area contributed by atoms with Crippen LogP contribution in [0.2, 0.25) is 0 Å². The monoisotopic (exact) mass is 638 g/mol. The Balaban J connectivity index is 1.59. The molecule has 1 aromatic heterocycles. The molecule has 2 aromatic carbocycles. The van der Waals surface area contributed by atoms with E-state index in [-0.39, 0.29) is 35.9 Å². The number of nitrogens with zero attached hydrogens (tertiary/aromatic N) is 3. The summed E-state index contributed by atoms with van der Waals surface area (Å²) in [6.07, 6.45) is 5.63. The molecule has 1 amide bonds. The number of amides is 1. The molecule has 0 spiro atoms. The van der Waals surface area contributed by atoms with E-state index in [4.69, 9.17) is 5.73 Å². The first-order valence-corrected chi connectivity index (χ1v) is 17.4. The van der Waals surface area contributed by atoms with Crippen molar-refractivity contribution in [3.8, 4) is 0 Å². The lowest BCUT2D eigenvalue weighted by Gasteiger charge is -2.34. The maximum Gasteiger partial charge on any atom is 0.244 e. The van der Waals surface area contributed by atoms with Gasteiger partial charge in [-0.3, -0.25) is 14.2 Å². The van der Waals surface area contributed by atoms with E-state index in [2.05, 4.69) is 45.9 Å². The van der Waals surface area contributed by atoms with Gasteiger partial charge in [0.1, 0.15) is 10.9 Å². The van der Waals surface area contributed by atoms with Gasteiger partial charge in [0.25, 0.3) is 0 Å². The fraction of sp³-hybridized carbons (Fsp3) is 0.471. The van der Waals surface area contributed by atoms with Crippen LogP contribution in [0.3, 0.4) is 0 Å². The van der Waals surface area contributed by atoms with Gasteiger partial charge in [0.05, 0.1) is 12.4 Å². The van der Waals surface area contributed by atoms with Crippen molar-refractivity contribution in [2.24, 2.45) is 5.92 Å². The Hall–Kier alpha value is -3.54. The topological polar surface area (TPSA) is 121 Å². The number of likely N-dealkylation sites (N-methyl/N-ethyl adjacent to an activating group) is 1. The lowest BCUT2D eigenvalue weighted by atomic mass is 9.93. The Kier molecular flexibility index (Phi) is 12.7. The number of carbonyl (C=O) groups is 1. The number of sulfonamides is 1. The lowest BCUT2D eigenvalue weighted by molar-refractivity contribution is -0.134. The van der Waals surface area contributed by atoms with Crippen LogP contribution in [0.1, 0.15) is 44.2 Å². The molecule has 0 bridgehead atoms. The first kappa shape index (κ1) is 34.3. The molecule has 0 unspecified atom stereocenters. The molecule has 1 aliphatic rings. The van der Waals surface area contributed by atoms with Crippen LogP contribution in [-0.2, 0) is 27.7 Å². The Morgan fingerprint density at radius 3 is 2.33 bits per heavy atom. The first-order valence-electron chi connectivity index (χ1n) is 15.9. The molecule has 1 fully saturated rings. The van der Waals surface area contributed by atoms with Gasteiger partial charge in [0.2, 0.25) is 15.9 Å². The SMILES string of the molecule is CCN(CC)C[C@H](Cc1ccccc1)Nc1ccncc1S(=O)(=O)N[C@@H](Cc1ccc(N)cc1)C(=O)N1CCC(CCF)CC1.